The number of nitriles is 1. The van der Waals surface area contributed by atoms with E-state index >= 15 is 0 Å². The first-order chi connectivity index (χ1) is 32.1. The van der Waals surface area contributed by atoms with Crippen LogP contribution in [0.25, 0.3) is 111 Å². The van der Waals surface area contributed by atoms with Crippen molar-refractivity contribution in [2.75, 3.05) is 4.90 Å². The predicted molar refractivity (Wildman–Crippen MR) is 255 cm³/mol. The van der Waals surface area contributed by atoms with Crippen molar-refractivity contribution in [1.29, 1.82) is 5.26 Å². The first-order valence-electron chi connectivity index (χ1n) is 21.1. The molecule has 0 fully saturated rings. The zero-order chi connectivity index (χ0) is 43.0. The fraction of sp³-hybridized carbons (Fsp3) is 0. The van der Waals surface area contributed by atoms with E-state index in [1.807, 2.05) is 103 Å². The molecule has 0 unspecified atom stereocenters. The van der Waals surface area contributed by atoms with E-state index in [0.29, 0.717) is 51.0 Å². The second-order valence-corrected chi connectivity index (χ2v) is 16.0. The van der Waals surface area contributed by atoms with Gasteiger partial charge in [0.2, 0.25) is 17.7 Å². The van der Waals surface area contributed by atoms with Gasteiger partial charge in [-0.3, -0.25) is 0 Å². The second kappa shape index (κ2) is 14.4. The molecule has 304 valence electrons. The van der Waals surface area contributed by atoms with Crippen molar-refractivity contribution in [1.82, 2.24) is 15.0 Å². The van der Waals surface area contributed by atoms with Gasteiger partial charge in [-0.1, -0.05) is 54.6 Å². The van der Waals surface area contributed by atoms with Crippen LogP contribution in [0.1, 0.15) is 5.56 Å². The molecule has 0 spiro atoms. The van der Waals surface area contributed by atoms with E-state index in [0.717, 1.165) is 83.1 Å². The summed E-state index contributed by atoms with van der Waals surface area (Å²) in [5.74, 6) is 1.63. The van der Waals surface area contributed by atoms with Gasteiger partial charge in [0.1, 0.15) is 27.7 Å². The minimum Gasteiger partial charge on any atom is -0.456 e. The molecule has 0 bridgehead atoms. The molecular weight excluding hydrogens is 807 g/mol. The Morgan fingerprint density at radius 1 is 0.354 bits per heavy atom. The topological polar surface area (TPSA) is 118 Å². The van der Waals surface area contributed by atoms with Gasteiger partial charge in [-0.15, -0.1) is 0 Å². The number of furan rings is 1. The van der Waals surface area contributed by atoms with Crippen LogP contribution in [0, 0.1) is 11.3 Å². The van der Waals surface area contributed by atoms with Crippen LogP contribution in [0.4, 0.5) is 17.1 Å². The molecular formula is C56H31N5O4. The lowest BCUT2D eigenvalue weighted by atomic mass is 9.99. The van der Waals surface area contributed by atoms with Crippen LogP contribution in [0.3, 0.4) is 0 Å². The van der Waals surface area contributed by atoms with Crippen LogP contribution >= 0.6 is 0 Å². The summed E-state index contributed by atoms with van der Waals surface area (Å²) < 4.78 is 24.8. The summed E-state index contributed by atoms with van der Waals surface area (Å²) in [6, 6.07) is 65.0. The summed E-state index contributed by atoms with van der Waals surface area (Å²) in [6.07, 6.45) is 0. The molecule has 9 nitrogen and oxygen atoms in total. The van der Waals surface area contributed by atoms with Crippen molar-refractivity contribution in [3.8, 4) is 51.6 Å². The first-order valence-corrected chi connectivity index (χ1v) is 21.1. The van der Waals surface area contributed by atoms with E-state index in [4.69, 9.17) is 32.6 Å². The highest BCUT2D eigenvalue weighted by atomic mass is 16.4. The number of fused-ring (bicyclic) bond motifs is 7. The molecule has 4 aromatic heterocycles. The van der Waals surface area contributed by atoms with Gasteiger partial charge in [-0.2, -0.15) is 5.26 Å². The molecule has 0 aliphatic carbocycles. The maximum atomic E-state index is 9.39. The number of para-hydroxylation sites is 2. The van der Waals surface area contributed by atoms with Gasteiger partial charge in [0.15, 0.2) is 16.7 Å². The van der Waals surface area contributed by atoms with Crippen molar-refractivity contribution in [2.24, 2.45) is 0 Å². The van der Waals surface area contributed by atoms with Crippen molar-refractivity contribution < 1.29 is 17.7 Å². The summed E-state index contributed by atoms with van der Waals surface area (Å²) in [5.41, 5.74) is 14.0. The Kier molecular flexibility index (Phi) is 8.07. The molecule has 0 atom stereocenters. The standard InChI is InChI=1S/C56H31N5O4/c57-32-33-10-24-44-45-25-18-40(29-51(45)62-50(44)26-33)37-11-12-39-28-43(23-17-38(39)27-37)61(41-19-13-35(14-20-41)55-58-46-8-4-5-9-49(46)63-55)42-21-15-36(16-22-42)56-60-48-31-52-47(30-53(48)65-56)59-54(64-52)34-6-2-1-3-7-34/h1-31H. The second-order valence-electron chi connectivity index (χ2n) is 16.0. The van der Waals surface area contributed by atoms with Crippen LogP contribution < -0.4 is 4.90 Å². The quantitative estimate of drug-likeness (QED) is 0.155. The number of hydrogen-bond acceptors (Lipinski definition) is 9. The first kappa shape index (κ1) is 36.4. The van der Waals surface area contributed by atoms with Crippen LogP contribution in [-0.2, 0) is 0 Å². The molecule has 13 aromatic rings. The van der Waals surface area contributed by atoms with Gasteiger partial charge in [-0.05, 0) is 143 Å². The zero-order valence-electron chi connectivity index (χ0n) is 34.3. The molecule has 0 saturated heterocycles. The third kappa shape index (κ3) is 6.28. The molecule has 65 heavy (non-hydrogen) atoms. The number of anilines is 3. The monoisotopic (exact) mass is 837 g/mol. The lowest BCUT2D eigenvalue weighted by Gasteiger charge is -2.26. The molecule has 0 N–H and O–H groups in total. The van der Waals surface area contributed by atoms with Crippen molar-refractivity contribution in [3.05, 3.63) is 194 Å². The van der Waals surface area contributed by atoms with E-state index in [2.05, 4.69) is 89.8 Å². The number of rotatable bonds is 7. The molecule has 0 saturated carbocycles. The maximum absolute atomic E-state index is 9.39. The number of benzene rings is 9. The van der Waals surface area contributed by atoms with E-state index < -0.39 is 0 Å². The summed E-state index contributed by atoms with van der Waals surface area (Å²) in [6.45, 7) is 0. The number of hydrogen-bond donors (Lipinski definition) is 0. The van der Waals surface area contributed by atoms with E-state index in [9.17, 15) is 5.26 Å². The van der Waals surface area contributed by atoms with Gasteiger partial charge in [0, 0.05) is 56.7 Å². The Hall–Kier alpha value is -9.26. The third-order valence-corrected chi connectivity index (χ3v) is 12.0. The number of aromatic nitrogens is 3. The van der Waals surface area contributed by atoms with E-state index in [1.165, 1.54) is 0 Å². The SMILES string of the molecule is N#Cc1ccc2c(c1)oc1cc(-c3ccc4cc(N(c5ccc(-c6nc7ccccc7o6)cc5)c5ccc(-c6nc7cc8oc(-c9ccccc9)nc8cc7o6)cc5)ccc4c3)ccc12. The minimum absolute atomic E-state index is 0.505. The van der Waals surface area contributed by atoms with Gasteiger partial charge in [-0.25, -0.2) is 15.0 Å². The molecule has 0 radical (unpaired) electrons. The van der Waals surface area contributed by atoms with Gasteiger partial charge >= 0.3 is 0 Å². The normalized spacial score (nSPS) is 11.7. The molecule has 13 rings (SSSR count). The molecule has 9 aromatic carbocycles. The van der Waals surface area contributed by atoms with E-state index in [-0.39, 0.29) is 0 Å². The van der Waals surface area contributed by atoms with Gasteiger partial charge in [0.25, 0.3) is 0 Å². The summed E-state index contributed by atoms with van der Waals surface area (Å²) in [7, 11) is 0. The Balaban J connectivity index is 0.849. The van der Waals surface area contributed by atoms with Gasteiger partial charge in [0.05, 0.1) is 11.6 Å². The van der Waals surface area contributed by atoms with Crippen LogP contribution in [0.15, 0.2) is 206 Å². The molecule has 4 heterocycles. The molecule has 0 aliphatic heterocycles. The highest BCUT2D eigenvalue weighted by Crippen LogP contribution is 2.40. The highest BCUT2D eigenvalue weighted by Gasteiger charge is 2.19. The largest absolute Gasteiger partial charge is 0.456 e. The van der Waals surface area contributed by atoms with Gasteiger partial charge < -0.3 is 22.6 Å². The fourth-order valence-electron chi connectivity index (χ4n) is 8.70. The summed E-state index contributed by atoms with van der Waals surface area (Å²) in [5, 5.41) is 13.6. The van der Waals surface area contributed by atoms with Crippen molar-refractivity contribution in [3.63, 3.8) is 0 Å². The molecule has 0 aliphatic rings. The highest BCUT2D eigenvalue weighted by molar-refractivity contribution is 6.06. The molecule has 9 heteroatoms. The average Bonchev–Trinajstić information content (AvgIpc) is 4.17. The Bertz CT molecular complexity index is 3940. The minimum atomic E-state index is 0.505. The summed E-state index contributed by atoms with van der Waals surface area (Å²) >= 11 is 0. The van der Waals surface area contributed by atoms with Crippen LogP contribution in [0.5, 0.6) is 0 Å². The Morgan fingerprint density at radius 2 is 0.862 bits per heavy atom. The zero-order valence-corrected chi connectivity index (χ0v) is 34.3. The van der Waals surface area contributed by atoms with Crippen molar-refractivity contribution in [2.45, 2.75) is 0 Å². The van der Waals surface area contributed by atoms with E-state index in [1.54, 1.807) is 6.07 Å². The smallest absolute Gasteiger partial charge is 0.227 e. The van der Waals surface area contributed by atoms with Crippen LogP contribution in [0.2, 0.25) is 0 Å². The predicted octanol–water partition coefficient (Wildman–Crippen LogP) is 15.2. The number of oxazole rings is 3. The summed E-state index contributed by atoms with van der Waals surface area (Å²) in [4.78, 5) is 16.5. The average molecular weight is 838 g/mol. The lowest BCUT2D eigenvalue weighted by molar-refractivity contribution is 0.618. The fourth-order valence-corrected chi connectivity index (χ4v) is 8.70. The van der Waals surface area contributed by atoms with Crippen LogP contribution in [-0.4, -0.2) is 15.0 Å². The van der Waals surface area contributed by atoms with Crippen molar-refractivity contribution >= 4 is 83.1 Å². The maximum Gasteiger partial charge on any atom is 0.227 e. The lowest BCUT2D eigenvalue weighted by Crippen LogP contribution is -2.09. The Labute approximate surface area is 369 Å². The molecule has 0 amide bonds. The third-order valence-electron chi connectivity index (χ3n) is 12.0. The Morgan fingerprint density at radius 3 is 1.54 bits per heavy atom. The number of nitrogens with zero attached hydrogens (tertiary/aromatic N) is 5.